The summed E-state index contributed by atoms with van der Waals surface area (Å²) in [6, 6.07) is 13.6. The number of para-hydroxylation sites is 1. The van der Waals surface area contributed by atoms with Crippen LogP contribution in [-0.4, -0.2) is 19.7 Å². The molecule has 2 heterocycles. The van der Waals surface area contributed by atoms with Gasteiger partial charge >= 0.3 is 0 Å². The Hall–Kier alpha value is -2.69. The summed E-state index contributed by atoms with van der Waals surface area (Å²) < 4.78 is 1.82. The molecule has 5 nitrogen and oxygen atoms in total. The third-order valence-corrected chi connectivity index (χ3v) is 2.58. The molecule has 0 aliphatic carbocycles. The van der Waals surface area contributed by atoms with Crippen molar-refractivity contribution in [3.63, 3.8) is 0 Å². The molecule has 0 amide bonds. The van der Waals surface area contributed by atoms with Crippen LogP contribution in [0.3, 0.4) is 0 Å². The van der Waals surface area contributed by atoms with E-state index in [-0.39, 0.29) is 5.95 Å². The minimum atomic E-state index is 0.258. The average molecular weight is 237 g/mol. The molecule has 0 radical (unpaired) electrons. The van der Waals surface area contributed by atoms with Gasteiger partial charge in [0.2, 0.25) is 5.95 Å². The highest BCUT2D eigenvalue weighted by Crippen LogP contribution is 2.20. The predicted molar refractivity (Wildman–Crippen MR) is 69.0 cm³/mol. The number of rotatable bonds is 2. The van der Waals surface area contributed by atoms with Gasteiger partial charge in [0.25, 0.3) is 0 Å². The Bertz CT molecular complexity index is 660. The topological polar surface area (TPSA) is 69.6 Å². The summed E-state index contributed by atoms with van der Waals surface area (Å²) in [7, 11) is 0. The van der Waals surface area contributed by atoms with Crippen molar-refractivity contribution < 1.29 is 0 Å². The zero-order chi connectivity index (χ0) is 12.4. The van der Waals surface area contributed by atoms with Crippen molar-refractivity contribution in [3.8, 4) is 17.1 Å². The Morgan fingerprint density at radius 1 is 0.944 bits per heavy atom. The standard InChI is InChI=1S/C13H11N5/c14-13-15-8-6-11(17-13)12-7-9-16-18(12)10-4-2-1-3-5-10/h1-9H,(H2,14,15,17). The number of hydrogen-bond donors (Lipinski definition) is 1. The lowest BCUT2D eigenvalue weighted by Gasteiger charge is -2.06. The van der Waals surface area contributed by atoms with Crippen molar-refractivity contribution in [1.82, 2.24) is 19.7 Å². The number of nitrogen functional groups attached to an aromatic ring is 1. The van der Waals surface area contributed by atoms with Crippen LogP contribution < -0.4 is 5.73 Å². The zero-order valence-corrected chi connectivity index (χ0v) is 9.56. The minimum absolute atomic E-state index is 0.258. The van der Waals surface area contributed by atoms with Gasteiger partial charge < -0.3 is 5.73 Å². The van der Waals surface area contributed by atoms with Crippen molar-refractivity contribution in [3.05, 3.63) is 54.9 Å². The molecular weight excluding hydrogens is 226 g/mol. The van der Waals surface area contributed by atoms with Gasteiger partial charge in [-0.05, 0) is 24.3 Å². The van der Waals surface area contributed by atoms with Crippen LogP contribution in [0.2, 0.25) is 0 Å². The van der Waals surface area contributed by atoms with E-state index in [9.17, 15) is 0 Å². The quantitative estimate of drug-likeness (QED) is 0.739. The lowest BCUT2D eigenvalue weighted by Crippen LogP contribution is -2.01. The maximum Gasteiger partial charge on any atom is 0.220 e. The second kappa shape index (κ2) is 4.29. The molecule has 18 heavy (non-hydrogen) atoms. The molecular formula is C13H11N5. The van der Waals surface area contributed by atoms with Gasteiger partial charge in [0.1, 0.15) is 0 Å². The Balaban J connectivity index is 2.13. The van der Waals surface area contributed by atoms with Gasteiger partial charge in [0.05, 0.1) is 23.3 Å². The first-order chi connectivity index (χ1) is 8.84. The molecule has 0 aliphatic heterocycles. The SMILES string of the molecule is Nc1nccc(-c2ccnn2-c2ccccc2)n1. The van der Waals surface area contributed by atoms with E-state index in [0.29, 0.717) is 0 Å². The van der Waals surface area contributed by atoms with Crippen LogP contribution in [0.4, 0.5) is 5.95 Å². The molecule has 0 unspecified atom stereocenters. The van der Waals surface area contributed by atoms with Gasteiger partial charge in [-0.25, -0.2) is 14.6 Å². The maximum absolute atomic E-state index is 5.60. The van der Waals surface area contributed by atoms with Gasteiger partial charge in [0, 0.05) is 6.20 Å². The summed E-state index contributed by atoms with van der Waals surface area (Å²) >= 11 is 0. The number of anilines is 1. The van der Waals surface area contributed by atoms with Crippen LogP contribution in [0.5, 0.6) is 0 Å². The third kappa shape index (κ3) is 1.82. The highest BCUT2D eigenvalue weighted by atomic mass is 15.3. The van der Waals surface area contributed by atoms with Gasteiger partial charge in [-0.3, -0.25) is 0 Å². The fraction of sp³-hybridized carbons (Fsp3) is 0. The molecule has 2 N–H and O–H groups in total. The van der Waals surface area contributed by atoms with E-state index in [4.69, 9.17) is 5.73 Å². The Morgan fingerprint density at radius 2 is 1.78 bits per heavy atom. The zero-order valence-electron chi connectivity index (χ0n) is 9.56. The molecule has 1 aromatic carbocycles. The van der Waals surface area contributed by atoms with Gasteiger partial charge in [0.15, 0.2) is 0 Å². The van der Waals surface area contributed by atoms with Crippen LogP contribution in [0.25, 0.3) is 17.1 Å². The first-order valence-corrected chi connectivity index (χ1v) is 5.53. The molecule has 5 heteroatoms. The molecule has 0 aliphatic rings. The van der Waals surface area contributed by atoms with E-state index in [1.54, 1.807) is 12.4 Å². The van der Waals surface area contributed by atoms with E-state index >= 15 is 0 Å². The summed E-state index contributed by atoms with van der Waals surface area (Å²) in [5.41, 5.74) is 8.22. The van der Waals surface area contributed by atoms with Crippen molar-refractivity contribution >= 4 is 5.95 Å². The number of nitrogens with zero attached hydrogens (tertiary/aromatic N) is 4. The lowest BCUT2D eigenvalue weighted by molar-refractivity contribution is 0.883. The summed E-state index contributed by atoms with van der Waals surface area (Å²) in [6.07, 6.45) is 3.38. The summed E-state index contributed by atoms with van der Waals surface area (Å²) in [4.78, 5) is 8.10. The van der Waals surface area contributed by atoms with Crippen LogP contribution in [-0.2, 0) is 0 Å². The number of nitrogens with two attached hydrogens (primary N) is 1. The Labute approximate surface area is 104 Å². The molecule has 2 aromatic heterocycles. The molecule has 0 bridgehead atoms. The van der Waals surface area contributed by atoms with Gasteiger partial charge in [-0.1, -0.05) is 18.2 Å². The fourth-order valence-electron chi connectivity index (χ4n) is 1.79. The molecule has 3 aromatic rings. The molecule has 88 valence electrons. The smallest absolute Gasteiger partial charge is 0.220 e. The van der Waals surface area contributed by atoms with Crippen molar-refractivity contribution in [2.75, 3.05) is 5.73 Å². The Morgan fingerprint density at radius 3 is 2.56 bits per heavy atom. The maximum atomic E-state index is 5.60. The van der Waals surface area contributed by atoms with Crippen molar-refractivity contribution in [1.29, 1.82) is 0 Å². The number of benzene rings is 1. The first kappa shape index (κ1) is 10.5. The molecule has 0 atom stereocenters. The Kier molecular flexibility index (Phi) is 2.49. The molecule has 0 saturated heterocycles. The highest BCUT2D eigenvalue weighted by molar-refractivity contribution is 5.58. The van der Waals surface area contributed by atoms with Gasteiger partial charge in [-0.15, -0.1) is 0 Å². The molecule has 0 spiro atoms. The first-order valence-electron chi connectivity index (χ1n) is 5.53. The molecule has 0 fully saturated rings. The summed E-state index contributed by atoms with van der Waals surface area (Å²) in [5.74, 6) is 0.258. The monoisotopic (exact) mass is 237 g/mol. The summed E-state index contributed by atoms with van der Waals surface area (Å²) in [5, 5.41) is 4.31. The highest BCUT2D eigenvalue weighted by Gasteiger charge is 2.08. The average Bonchev–Trinajstić information content (AvgIpc) is 2.89. The molecule has 0 saturated carbocycles. The lowest BCUT2D eigenvalue weighted by atomic mass is 10.2. The predicted octanol–water partition coefficient (Wildman–Crippen LogP) is 1.91. The second-order valence-corrected chi connectivity index (χ2v) is 3.76. The fourth-order valence-corrected chi connectivity index (χ4v) is 1.79. The third-order valence-electron chi connectivity index (χ3n) is 2.58. The van der Waals surface area contributed by atoms with Crippen LogP contribution in [0.15, 0.2) is 54.9 Å². The van der Waals surface area contributed by atoms with Gasteiger partial charge in [-0.2, -0.15) is 5.10 Å². The van der Waals surface area contributed by atoms with Crippen molar-refractivity contribution in [2.45, 2.75) is 0 Å². The van der Waals surface area contributed by atoms with E-state index in [0.717, 1.165) is 17.1 Å². The van der Waals surface area contributed by atoms with Crippen molar-refractivity contribution in [2.24, 2.45) is 0 Å². The normalized spacial score (nSPS) is 10.4. The second-order valence-electron chi connectivity index (χ2n) is 3.76. The van der Waals surface area contributed by atoms with E-state index in [1.165, 1.54) is 0 Å². The molecule has 3 rings (SSSR count). The van der Waals surface area contributed by atoms with E-state index in [2.05, 4.69) is 15.1 Å². The summed E-state index contributed by atoms with van der Waals surface area (Å²) in [6.45, 7) is 0. The number of aromatic nitrogens is 4. The minimum Gasteiger partial charge on any atom is -0.368 e. The van der Waals surface area contributed by atoms with Crippen LogP contribution >= 0.6 is 0 Å². The van der Waals surface area contributed by atoms with E-state index in [1.807, 2.05) is 47.1 Å². The van der Waals surface area contributed by atoms with Crippen LogP contribution in [0, 0.1) is 0 Å². The largest absolute Gasteiger partial charge is 0.368 e. The van der Waals surface area contributed by atoms with Crippen LogP contribution in [0.1, 0.15) is 0 Å². The number of hydrogen-bond acceptors (Lipinski definition) is 4. The van der Waals surface area contributed by atoms with E-state index < -0.39 is 0 Å².